The van der Waals surface area contributed by atoms with Gasteiger partial charge in [-0.15, -0.1) is 10.2 Å². The average molecular weight is 381 g/mol. The van der Waals surface area contributed by atoms with E-state index in [-0.39, 0.29) is 11.8 Å². The van der Waals surface area contributed by atoms with Crippen LogP contribution in [0.1, 0.15) is 5.82 Å². The minimum Gasteiger partial charge on any atom is -0.368 e. The Labute approximate surface area is 149 Å². The van der Waals surface area contributed by atoms with Crippen molar-refractivity contribution >= 4 is 52.4 Å². The molecule has 124 valence electrons. The quantitative estimate of drug-likeness (QED) is 0.623. The Morgan fingerprint density at radius 3 is 2.58 bits per heavy atom. The number of benzene rings is 1. The average Bonchev–Trinajstić information content (AvgIpc) is 3.03. The van der Waals surface area contributed by atoms with Crippen molar-refractivity contribution in [1.29, 1.82) is 0 Å². The highest BCUT2D eigenvalue weighted by Crippen LogP contribution is 2.29. The number of anilines is 3. The molecule has 0 saturated carbocycles. The summed E-state index contributed by atoms with van der Waals surface area (Å²) < 4.78 is 14.7. The molecular formula is C13H12FN7S3. The fourth-order valence-corrected chi connectivity index (χ4v) is 3.98. The summed E-state index contributed by atoms with van der Waals surface area (Å²) >= 11 is 4.55. The topological polar surface area (TPSA) is 102 Å². The second kappa shape index (κ2) is 7.73. The zero-order chi connectivity index (χ0) is 16.9. The number of nitrogens with two attached hydrogens (primary N) is 1. The molecule has 0 aliphatic rings. The predicted octanol–water partition coefficient (Wildman–Crippen LogP) is 3.20. The number of nitrogen functional groups attached to an aromatic ring is 1. The Morgan fingerprint density at radius 1 is 1.12 bits per heavy atom. The molecular weight excluding hydrogens is 369 g/mol. The summed E-state index contributed by atoms with van der Waals surface area (Å²) in [6, 6.07) is 5.88. The van der Waals surface area contributed by atoms with E-state index in [0.717, 1.165) is 8.68 Å². The van der Waals surface area contributed by atoms with E-state index in [9.17, 15) is 4.39 Å². The fraction of sp³-hybridized carbons (Fsp3) is 0.154. The van der Waals surface area contributed by atoms with Gasteiger partial charge in [-0.25, -0.2) is 4.39 Å². The van der Waals surface area contributed by atoms with Gasteiger partial charge in [-0.05, 0) is 30.5 Å². The number of hydrogen-bond acceptors (Lipinski definition) is 10. The zero-order valence-corrected chi connectivity index (χ0v) is 14.9. The first-order chi connectivity index (χ1) is 11.6. The Hall–Kier alpha value is -1.98. The van der Waals surface area contributed by atoms with Crippen molar-refractivity contribution in [3.8, 4) is 0 Å². The third-order valence-electron chi connectivity index (χ3n) is 2.69. The molecule has 3 rings (SSSR count). The molecule has 2 heterocycles. The molecule has 0 unspecified atom stereocenters. The number of nitrogens with one attached hydrogen (secondary N) is 1. The molecule has 24 heavy (non-hydrogen) atoms. The van der Waals surface area contributed by atoms with Crippen molar-refractivity contribution in [2.75, 3.05) is 17.3 Å². The summed E-state index contributed by atoms with van der Waals surface area (Å²) in [5, 5.41) is 11.1. The van der Waals surface area contributed by atoms with E-state index in [0.29, 0.717) is 23.2 Å². The largest absolute Gasteiger partial charge is 0.368 e. The SMILES string of the molecule is CSc1nnc(SCc2nc(N)nc(Nc3ccc(F)cc3)n2)s1. The first kappa shape index (κ1) is 16.9. The van der Waals surface area contributed by atoms with Crippen LogP contribution in [0.4, 0.5) is 22.0 Å². The summed E-state index contributed by atoms with van der Waals surface area (Å²) in [6.07, 6.45) is 1.95. The first-order valence-corrected chi connectivity index (χ1v) is 9.68. The van der Waals surface area contributed by atoms with Gasteiger partial charge in [0.1, 0.15) is 11.6 Å². The summed E-state index contributed by atoms with van der Waals surface area (Å²) in [5.41, 5.74) is 6.39. The van der Waals surface area contributed by atoms with Gasteiger partial charge in [-0.3, -0.25) is 0 Å². The van der Waals surface area contributed by atoms with Gasteiger partial charge in [0.15, 0.2) is 8.68 Å². The van der Waals surface area contributed by atoms with Crippen LogP contribution in [0.25, 0.3) is 0 Å². The molecule has 1 aromatic carbocycles. The van der Waals surface area contributed by atoms with E-state index in [2.05, 4.69) is 30.5 Å². The van der Waals surface area contributed by atoms with E-state index >= 15 is 0 Å². The van der Waals surface area contributed by atoms with Crippen molar-refractivity contribution in [3.63, 3.8) is 0 Å². The highest BCUT2D eigenvalue weighted by atomic mass is 32.2. The van der Waals surface area contributed by atoms with Gasteiger partial charge >= 0.3 is 0 Å². The highest BCUT2D eigenvalue weighted by molar-refractivity contribution is 8.02. The van der Waals surface area contributed by atoms with Crippen LogP contribution in [0.3, 0.4) is 0 Å². The minimum absolute atomic E-state index is 0.118. The van der Waals surface area contributed by atoms with E-state index in [4.69, 9.17) is 5.73 Å². The maximum Gasteiger partial charge on any atom is 0.232 e. The Kier molecular flexibility index (Phi) is 5.43. The molecule has 11 heteroatoms. The second-order valence-corrected chi connectivity index (χ2v) is 7.65. The van der Waals surface area contributed by atoms with E-state index < -0.39 is 0 Å². The molecule has 0 saturated heterocycles. The zero-order valence-electron chi connectivity index (χ0n) is 12.4. The number of rotatable bonds is 6. The van der Waals surface area contributed by atoms with Crippen LogP contribution in [0.2, 0.25) is 0 Å². The molecule has 3 aromatic rings. The summed E-state index contributed by atoms with van der Waals surface area (Å²) in [7, 11) is 0. The minimum atomic E-state index is -0.311. The third-order valence-corrected chi connectivity index (χ3v) is 5.71. The van der Waals surface area contributed by atoms with Crippen LogP contribution in [0, 0.1) is 5.82 Å². The van der Waals surface area contributed by atoms with Crippen molar-refractivity contribution in [1.82, 2.24) is 25.1 Å². The molecule has 7 nitrogen and oxygen atoms in total. The number of thioether (sulfide) groups is 2. The van der Waals surface area contributed by atoms with Crippen molar-refractivity contribution < 1.29 is 4.39 Å². The van der Waals surface area contributed by atoms with Crippen LogP contribution < -0.4 is 11.1 Å². The van der Waals surface area contributed by atoms with Gasteiger partial charge in [-0.1, -0.05) is 34.9 Å². The number of aromatic nitrogens is 5. The third kappa shape index (κ3) is 4.52. The maximum atomic E-state index is 12.9. The molecule has 0 amide bonds. The van der Waals surface area contributed by atoms with E-state index in [1.165, 1.54) is 35.2 Å². The van der Waals surface area contributed by atoms with Gasteiger partial charge in [0, 0.05) is 5.69 Å². The maximum absolute atomic E-state index is 12.9. The first-order valence-electron chi connectivity index (χ1n) is 6.65. The van der Waals surface area contributed by atoms with E-state index in [1.54, 1.807) is 23.9 Å². The lowest BCUT2D eigenvalue weighted by Gasteiger charge is -2.06. The fourth-order valence-electron chi connectivity index (χ4n) is 1.69. The lowest BCUT2D eigenvalue weighted by Crippen LogP contribution is -2.06. The Bertz CT molecular complexity index is 825. The second-order valence-electron chi connectivity index (χ2n) is 4.39. The lowest BCUT2D eigenvalue weighted by molar-refractivity contribution is 0.628. The number of nitrogens with zero attached hydrogens (tertiary/aromatic N) is 5. The van der Waals surface area contributed by atoms with Crippen molar-refractivity contribution in [2.45, 2.75) is 14.4 Å². The van der Waals surface area contributed by atoms with Crippen LogP contribution in [-0.4, -0.2) is 31.4 Å². The summed E-state index contributed by atoms with van der Waals surface area (Å²) in [6.45, 7) is 0. The molecule has 2 aromatic heterocycles. The van der Waals surface area contributed by atoms with Gasteiger partial charge in [-0.2, -0.15) is 15.0 Å². The summed E-state index contributed by atoms with van der Waals surface area (Å²) in [4.78, 5) is 12.5. The molecule has 0 aliphatic heterocycles. The normalized spacial score (nSPS) is 10.8. The van der Waals surface area contributed by atoms with Crippen LogP contribution in [-0.2, 0) is 5.75 Å². The van der Waals surface area contributed by atoms with Crippen molar-refractivity contribution in [3.05, 3.63) is 35.9 Å². The van der Waals surface area contributed by atoms with Gasteiger partial charge in [0.2, 0.25) is 11.9 Å². The van der Waals surface area contributed by atoms with Gasteiger partial charge in [0.25, 0.3) is 0 Å². The molecule has 0 bridgehead atoms. The standard InChI is InChI=1S/C13H12FN7S3/c1-22-12-20-21-13(24-12)23-6-9-17-10(15)19-11(18-9)16-8-4-2-7(14)3-5-8/h2-5H,6H2,1H3,(H3,15,16,17,18,19). The van der Waals surface area contributed by atoms with Crippen LogP contribution >= 0.6 is 34.9 Å². The number of halogens is 1. The Balaban J connectivity index is 1.69. The molecule has 3 N–H and O–H groups in total. The van der Waals surface area contributed by atoms with Crippen molar-refractivity contribution in [2.24, 2.45) is 0 Å². The molecule has 0 fully saturated rings. The summed E-state index contributed by atoms with van der Waals surface area (Å²) in [5.74, 6) is 1.14. The lowest BCUT2D eigenvalue weighted by atomic mass is 10.3. The molecule has 0 atom stereocenters. The van der Waals surface area contributed by atoms with Gasteiger partial charge in [0.05, 0.1) is 5.75 Å². The molecule has 0 radical (unpaired) electrons. The highest BCUT2D eigenvalue weighted by Gasteiger charge is 2.09. The smallest absolute Gasteiger partial charge is 0.232 e. The predicted molar refractivity (Wildman–Crippen MR) is 95.2 cm³/mol. The van der Waals surface area contributed by atoms with E-state index in [1.807, 2.05) is 6.26 Å². The van der Waals surface area contributed by atoms with Crippen LogP contribution in [0.15, 0.2) is 32.9 Å². The van der Waals surface area contributed by atoms with Gasteiger partial charge < -0.3 is 11.1 Å². The molecule has 0 spiro atoms. The monoisotopic (exact) mass is 381 g/mol. The number of hydrogen-bond donors (Lipinski definition) is 2. The van der Waals surface area contributed by atoms with Crippen LogP contribution in [0.5, 0.6) is 0 Å². The molecule has 0 aliphatic carbocycles. The Morgan fingerprint density at radius 2 is 1.88 bits per heavy atom.